The normalized spacial score (nSPS) is 12.5. The van der Waals surface area contributed by atoms with Gasteiger partial charge in [0.05, 0.1) is 5.69 Å². The van der Waals surface area contributed by atoms with E-state index in [1.807, 2.05) is 44.3 Å². The van der Waals surface area contributed by atoms with Crippen LogP contribution in [0.15, 0.2) is 34.7 Å². The lowest BCUT2D eigenvalue weighted by Crippen LogP contribution is -2.17. The number of benzene rings is 1. The van der Waals surface area contributed by atoms with Crippen molar-refractivity contribution in [2.24, 2.45) is 0 Å². The molecule has 0 radical (unpaired) electrons. The molecule has 3 aromatic rings. The minimum Gasteiger partial charge on any atom is -0.418 e. The van der Waals surface area contributed by atoms with Crippen LogP contribution in [-0.4, -0.2) is 26.8 Å². The molecule has 0 aliphatic carbocycles. The van der Waals surface area contributed by atoms with E-state index in [0.717, 1.165) is 16.1 Å². The number of nitrogens with zero attached hydrogens (tertiary/aromatic N) is 4. The standard InChI is InChI=1S/C13H13N5OS/c1-8-11(20-18-15-8)13-17-16-12(19-13)10(14-2)9-6-4-3-5-7-9/h3-7,10,14H,1-2H3. The molecule has 1 unspecified atom stereocenters. The summed E-state index contributed by atoms with van der Waals surface area (Å²) in [4.78, 5) is 0.812. The minimum absolute atomic E-state index is 0.126. The van der Waals surface area contributed by atoms with Gasteiger partial charge in [-0.2, -0.15) is 0 Å². The van der Waals surface area contributed by atoms with Gasteiger partial charge in [-0.1, -0.05) is 34.8 Å². The lowest BCUT2D eigenvalue weighted by atomic mass is 10.1. The molecule has 20 heavy (non-hydrogen) atoms. The van der Waals surface area contributed by atoms with E-state index in [-0.39, 0.29) is 6.04 Å². The lowest BCUT2D eigenvalue weighted by Gasteiger charge is -2.11. The third-order valence-electron chi connectivity index (χ3n) is 2.95. The molecule has 3 rings (SSSR count). The van der Waals surface area contributed by atoms with Gasteiger partial charge in [-0.05, 0) is 31.1 Å². The molecule has 2 heterocycles. The summed E-state index contributed by atoms with van der Waals surface area (Å²) >= 11 is 1.25. The Morgan fingerprint density at radius 3 is 2.60 bits per heavy atom. The molecule has 7 heteroatoms. The van der Waals surface area contributed by atoms with Crippen LogP contribution in [0.3, 0.4) is 0 Å². The summed E-state index contributed by atoms with van der Waals surface area (Å²) in [6, 6.07) is 9.85. The van der Waals surface area contributed by atoms with Crippen LogP contribution < -0.4 is 5.32 Å². The maximum atomic E-state index is 5.76. The first-order chi connectivity index (χ1) is 9.79. The predicted molar refractivity (Wildman–Crippen MR) is 75.3 cm³/mol. The van der Waals surface area contributed by atoms with Crippen molar-refractivity contribution in [2.45, 2.75) is 13.0 Å². The first-order valence-corrected chi connectivity index (χ1v) is 6.92. The van der Waals surface area contributed by atoms with Crippen LogP contribution in [0, 0.1) is 6.92 Å². The molecule has 0 amide bonds. The molecule has 102 valence electrons. The average molecular weight is 287 g/mol. The van der Waals surface area contributed by atoms with Crippen LogP contribution >= 0.6 is 11.5 Å². The largest absolute Gasteiger partial charge is 0.418 e. The van der Waals surface area contributed by atoms with Crippen molar-refractivity contribution in [3.8, 4) is 10.8 Å². The average Bonchev–Trinajstić information content (AvgIpc) is 3.10. The van der Waals surface area contributed by atoms with Crippen LogP contribution in [0.25, 0.3) is 10.8 Å². The van der Waals surface area contributed by atoms with E-state index in [0.29, 0.717) is 11.8 Å². The van der Waals surface area contributed by atoms with Gasteiger partial charge in [-0.15, -0.1) is 15.3 Å². The highest BCUT2D eigenvalue weighted by atomic mass is 32.1. The summed E-state index contributed by atoms with van der Waals surface area (Å²) in [5.74, 6) is 0.991. The molecular formula is C13H13N5OS. The van der Waals surface area contributed by atoms with Crippen molar-refractivity contribution in [3.63, 3.8) is 0 Å². The fourth-order valence-corrected chi connectivity index (χ4v) is 2.53. The van der Waals surface area contributed by atoms with Gasteiger partial charge in [0.2, 0.25) is 5.89 Å². The number of aryl methyl sites for hydroxylation is 1. The monoisotopic (exact) mass is 287 g/mol. The summed E-state index contributed by atoms with van der Waals surface area (Å²) in [5, 5.41) is 15.4. The maximum absolute atomic E-state index is 5.76. The number of nitrogens with one attached hydrogen (secondary N) is 1. The Balaban J connectivity index is 1.95. The van der Waals surface area contributed by atoms with Crippen LogP contribution in [0.4, 0.5) is 0 Å². The Kier molecular flexibility index (Phi) is 3.53. The molecule has 1 atom stereocenters. The number of rotatable bonds is 4. The summed E-state index contributed by atoms with van der Waals surface area (Å²) < 4.78 is 9.64. The molecule has 1 N–H and O–H groups in total. The van der Waals surface area contributed by atoms with E-state index in [2.05, 4.69) is 25.1 Å². The van der Waals surface area contributed by atoms with Crippen molar-refractivity contribution in [3.05, 3.63) is 47.5 Å². The lowest BCUT2D eigenvalue weighted by molar-refractivity contribution is 0.456. The second-order valence-electron chi connectivity index (χ2n) is 4.27. The summed E-state index contributed by atoms with van der Waals surface area (Å²) in [5.41, 5.74) is 1.87. The van der Waals surface area contributed by atoms with E-state index in [4.69, 9.17) is 4.42 Å². The minimum atomic E-state index is -0.126. The van der Waals surface area contributed by atoms with Crippen molar-refractivity contribution in [1.29, 1.82) is 0 Å². The molecule has 0 spiro atoms. The van der Waals surface area contributed by atoms with Gasteiger partial charge in [0.1, 0.15) is 10.9 Å². The maximum Gasteiger partial charge on any atom is 0.261 e. The number of aromatic nitrogens is 4. The summed E-state index contributed by atoms with van der Waals surface area (Å²) in [6.45, 7) is 1.87. The number of hydrogen-bond donors (Lipinski definition) is 1. The molecule has 6 nitrogen and oxygen atoms in total. The molecule has 2 aromatic heterocycles. The van der Waals surface area contributed by atoms with Gasteiger partial charge >= 0.3 is 0 Å². The Bertz CT molecular complexity index is 694. The van der Waals surface area contributed by atoms with Gasteiger partial charge in [-0.25, -0.2) is 0 Å². The zero-order chi connectivity index (χ0) is 13.9. The third-order valence-corrected chi connectivity index (χ3v) is 3.77. The van der Waals surface area contributed by atoms with Crippen molar-refractivity contribution < 1.29 is 4.42 Å². The fourth-order valence-electron chi connectivity index (χ4n) is 1.95. The van der Waals surface area contributed by atoms with Gasteiger partial charge in [0.15, 0.2) is 0 Å². The molecule has 0 aliphatic heterocycles. The zero-order valence-electron chi connectivity index (χ0n) is 11.1. The van der Waals surface area contributed by atoms with Crippen molar-refractivity contribution in [2.75, 3.05) is 7.05 Å². The Morgan fingerprint density at radius 2 is 1.95 bits per heavy atom. The first kappa shape index (κ1) is 12.9. The van der Waals surface area contributed by atoms with E-state index in [1.54, 1.807) is 0 Å². The van der Waals surface area contributed by atoms with Gasteiger partial charge in [0.25, 0.3) is 5.89 Å². The second-order valence-corrected chi connectivity index (χ2v) is 5.02. The molecule has 0 bridgehead atoms. The Morgan fingerprint density at radius 1 is 1.15 bits per heavy atom. The first-order valence-electron chi connectivity index (χ1n) is 6.14. The van der Waals surface area contributed by atoms with E-state index < -0.39 is 0 Å². The van der Waals surface area contributed by atoms with E-state index >= 15 is 0 Å². The quantitative estimate of drug-likeness (QED) is 0.792. The summed E-state index contributed by atoms with van der Waals surface area (Å²) in [6.07, 6.45) is 0. The smallest absolute Gasteiger partial charge is 0.261 e. The van der Waals surface area contributed by atoms with Gasteiger partial charge < -0.3 is 9.73 Å². The highest BCUT2D eigenvalue weighted by Crippen LogP contribution is 2.27. The molecule has 0 saturated heterocycles. The second kappa shape index (κ2) is 5.48. The fraction of sp³-hybridized carbons (Fsp3) is 0.231. The van der Waals surface area contributed by atoms with Crippen LogP contribution in [-0.2, 0) is 0 Å². The van der Waals surface area contributed by atoms with Crippen LogP contribution in [0.1, 0.15) is 23.2 Å². The van der Waals surface area contributed by atoms with Crippen molar-refractivity contribution >= 4 is 11.5 Å². The molecule has 0 fully saturated rings. The third kappa shape index (κ3) is 2.33. The molecule has 1 aromatic carbocycles. The predicted octanol–water partition coefficient (Wildman–Crippen LogP) is 2.21. The topological polar surface area (TPSA) is 76.7 Å². The van der Waals surface area contributed by atoms with Crippen LogP contribution in [0.5, 0.6) is 0 Å². The molecular weight excluding hydrogens is 274 g/mol. The molecule has 0 saturated carbocycles. The Labute approximate surface area is 120 Å². The highest BCUT2D eigenvalue weighted by molar-refractivity contribution is 7.09. The number of hydrogen-bond acceptors (Lipinski definition) is 7. The van der Waals surface area contributed by atoms with Gasteiger partial charge in [0, 0.05) is 0 Å². The van der Waals surface area contributed by atoms with Crippen molar-refractivity contribution in [1.82, 2.24) is 25.1 Å². The van der Waals surface area contributed by atoms with Crippen LogP contribution in [0.2, 0.25) is 0 Å². The summed E-state index contributed by atoms with van der Waals surface area (Å²) in [7, 11) is 1.86. The molecule has 0 aliphatic rings. The van der Waals surface area contributed by atoms with E-state index in [1.165, 1.54) is 11.5 Å². The van der Waals surface area contributed by atoms with Gasteiger partial charge in [-0.3, -0.25) is 0 Å². The van der Waals surface area contributed by atoms with E-state index in [9.17, 15) is 0 Å². The Hall–Kier alpha value is -2.12. The highest BCUT2D eigenvalue weighted by Gasteiger charge is 2.21. The SMILES string of the molecule is CNC(c1ccccc1)c1nnc(-c2snnc2C)o1. The zero-order valence-corrected chi connectivity index (χ0v) is 11.9.